The largest absolute Gasteiger partial charge is 0.305 e. The lowest BCUT2D eigenvalue weighted by Gasteiger charge is -2.14. The minimum atomic E-state index is -0.131. The van der Waals surface area contributed by atoms with E-state index in [0.29, 0.717) is 6.54 Å². The molecule has 3 rings (SSSR count). The first-order valence-corrected chi connectivity index (χ1v) is 6.49. The second-order valence-electron chi connectivity index (χ2n) is 5.03. The summed E-state index contributed by atoms with van der Waals surface area (Å²) >= 11 is 0. The Labute approximate surface area is 111 Å². The predicted molar refractivity (Wildman–Crippen MR) is 72.3 cm³/mol. The Morgan fingerprint density at radius 3 is 2.89 bits per heavy atom. The van der Waals surface area contributed by atoms with Crippen LogP contribution in [0.1, 0.15) is 41.8 Å². The third kappa shape index (κ3) is 2.01. The zero-order valence-electron chi connectivity index (χ0n) is 11.1. The highest BCUT2D eigenvalue weighted by Gasteiger charge is 2.27. The number of nitrogens with zero attached hydrogens (tertiary/aromatic N) is 3. The van der Waals surface area contributed by atoms with Crippen LogP contribution in [0.4, 0.5) is 5.69 Å². The molecule has 19 heavy (non-hydrogen) atoms. The van der Waals surface area contributed by atoms with Crippen molar-refractivity contribution in [3.8, 4) is 0 Å². The van der Waals surface area contributed by atoms with Gasteiger partial charge >= 0.3 is 0 Å². The fraction of sp³-hybridized carbons (Fsp3) is 0.357. The van der Waals surface area contributed by atoms with E-state index in [4.69, 9.17) is 0 Å². The molecule has 1 aliphatic heterocycles. The molecule has 1 aromatic carbocycles. The van der Waals surface area contributed by atoms with Crippen LogP contribution in [0.3, 0.4) is 0 Å². The molecule has 1 aliphatic rings. The second kappa shape index (κ2) is 4.50. The molecular formula is C14H16N4O. The van der Waals surface area contributed by atoms with Crippen molar-refractivity contribution < 1.29 is 4.79 Å². The van der Waals surface area contributed by atoms with Gasteiger partial charge in [0.15, 0.2) is 0 Å². The number of anilines is 1. The molecule has 1 N–H and O–H groups in total. The van der Waals surface area contributed by atoms with Gasteiger partial charge in [0.1, 0.15) is 5.82 Å². The fourth-order valence-electron chi connectivity index (χ4n) is 2.30. The summed E-state index contributed by atoms with van der Waals surface area (Å²) in [5, 5.41) is 6.85. The molecule has 0 atom stereocenters. The Balaban J connectivity index is 1.89. The zero-order valence-corrected chi connectivity index (χ0v) is 11.1. The molecule has 2 aromatic rings. The Bertz CT molecular complexity index is 617. The molecule has 0 spiro atoms. The number of aromatic nitrogens is 3. The van der Waals surface area contributed by atoms with Gasteiger partial charge in [-0.1, -0.05) is 32.0 Å². The molecule has 5 heteroatoms. The van der Waals surface area contributed by atoms with Crippen LogP contribution < -0.4 is 4.90 Å². The van der Waals surface area contributed by atoms with Gasteiger partial charge in [-0.05, 0) is 18.1 Å². The second-order valence-corrected chi connectivity index (χ2v) is 5.03. The van der Waals surface area contributed by atoms with E-state index >= 15 is 0 Å². The lowest BCUT2D eigenvalue weighted by molar-refractivity contribution is 0.0980. The number of H-pyrrole nitrogens is 1. The zero-order chi connectivity index (χ0) is 13.4. The molecule has 0 unspecified atom stereocenters. The number of hydrogen-bond acceptors (Lipinski definition) is 3. The van der Waals surface area contributed by atoms with Crippen LogP contribution in [0.15, 0.2) is 24.3 Å². The summed E-state index contributed by atoms with van der Waals surface area (Å²) in [5.41, 5.74) is 2.18. The van der Waals surface area contributed by atoms with Gasteiger partial charge in [-0.2, -0.15) is 0 Å². The molecule has 0 fully saturated rings. The topological polar surface area (TPSA) is 61.9 Å². The molecule has 0 bridgehead atoms. The lowest BCUT2D eigenvalue weighted by atomic mass is 10.2. The van der Waals surface area contributed by atoms with Crippen molar-refractivity contribution in [3.05, 3.63) is 41.5 Å². The van der Waals surface area contributed by atoms with Crippen molar-refractivity contribution in [1.29, 1.82) is 0 Å². The minimum absolute atomic E-state index is 0.131. The number of carbonyl (C=O) groups is 1. The van der Waals surface area contributed by atoms with Gasteiger partial charge in [-0.3, -0.25) is 9.89 Å². The monoisotopic (exact) mass is 256 g/mol. The van der Waals surface area contributed by atoms with Gasteiger partial charge in [0, 0.05) is 18.2 Å². The van der Waals surface area contributed by atoms with E-state index in [1.165, 1.54) is 5.56 Å². The van der Waals surface area contributed by atoms with Crippen molar-refractivity contribution in [2.45, 2.75) is 26.2 Å². The molecule has 1 amide bonds. The van der Waals surface area contributed by atoms with Crippen molar-refractivity contribution in [2.24, 2.45) is 0 Å². The van der Waals surface area contributed by atoms with E-state index in [0.717, 1.165) is 17.9 Å². The summed E-state index contributed by atoms with van der Waals surface area (Å²) < 4.78 is 0. The van der Waals surface area contributed by atoms with E-state index in [-0.39, 0.29) is 17.6 Å². The molecule has 1 aromatic heterocycles. The van der Waals surface area contributed by atoms with E-state index in [1.807, 2.05) is 32.0 Å². The van der Waals surface area contributed by atoms with Crippen LogP contribution in [0.25, 0.3) is 0 Å². The predicted octanol–water partition coefficient (Wildman–Crippen LogP) is 2.13. The molecule has 5 nitrogen and oxygen atoms in total. The number of rotatable bonds is 2. The summed E-state index contributed by atoms with van der Waals surface area (Å²) in [6.07, 6.45) is 0.892. The van der Waals surface area contributed by atoms with Crippen molar-refractivity contribution in [1.82, 2.24) is 15.2 Å². The maximum atomic E-state index is 12.4. The van der Waals surface area contributed by atoms with Crippen LogP contribution in [0.5, 0.6) is 0 Å². The first-order valence-electron chi connectivity index (χ1n) is 6.49. The first kappa shape index (κ1) is 11.9. The van der Waals surface area contributed by atoms with Crippen LogP contribution >= 0.6 is 0 Å². The highest BCUT2D eigenvalue weighted by atomic mass is 16.2. The van der Waals surface area contributed by atoms with Crippen LogP contribution in [-0.4, -0.2) is 27.6 Å². The lowest BCUT2D eigenvalue weighted by Crippen LogP contribution is -2.29. The number of benzene rings is 1. The number of fused-ring (bicyclic) bond motifs is 1. The number of nitrogens with one attached hydrogen (secondary N) is 1. The number of para-hydroxylation sites is 1. The SMILES string of the molecule is CC(C)c1nc(C(=O)N2CCc3ccccc32)n[nH]1. The number of amides is 1. The van der Waals surface area contributed by atoms with Crippen LogP contribution in [0, 0.1) is 0 Å². The molecule has 0 radical (unpaired) electrons. The summed E-state index contributed by atoms with van der Waals surface area (Å²) in [4.78, 5) is 18.4. The molecular weight excluding hydrogens is 240 g/mol. The normalized spacial score (nSPS) is 13.9. The average Bonchev–Trinajstić information content (AvgIpc) is 3.05. The van der Waals surface area contributed by atoms with E-state index in [2.05, 4.69) is 21.2 Å². The van der Waals surface area contributed by atoms with Crippen LogP contribution in [0.2, 0.25) is 0 Å². The van der Waals surface area contributed by atoms with Gasteiger partial charge < -0.3 is 4.90 Å². The molecule has 0 aliphatic carbocycles. The highest BCUT2D eigenvalue weighted by molar-refractivity contribution is 6.04. The number of hydrogen-bond donors (Lipinski definition) is 1. The van der Waals surface area contributed by atoms with Gasteiger partial charge in [-0.25, -0.2) is 4.98 Å². The highest BCUT2D eigenvalue weighted by Crippen LogP contribution is 2.28. The van der Waals surface area contributed by atoms with E-state index in [1.54, 1.807) is 4.90 Å². The number of carbonyl (C=O) groups excluding carboxylic acids is 1. The van der Waals surface area contributed by atoms with Gasteiger partial charge in [-0.15, -0.1) is 5.10 Å². The van der Waals surface area contributed by atoms with E-state index in [9.17, 15) is 4.79 Å². The maximum absolute atomic E-state index is 12.4. The summed E-state index contributed by atoms with van der Waals surface area (Å²) in [7, 11) is 0. The smallest absolute Gasteiger partial charge is 0.297 e. The quantitative estimate of drug-likeness (QED) is 0.895. The standard InChI is InChI=1S/C14H16N4O/c1-9(2)12-15-13(17-16-12)14(19)18-8-7-10-5-3-4-6-11(10)18/h3-6,9H,7-8H2,1-2H3,(H,15,16,17). The Morgan fingerprint density at radius 2 is 2.16 bits per heavy atom. The van der Waals surface area contributed by atoms with Crippen molar-refractivity contribution in [2.75, 3.05) is 11.4 Å². The third-order valence-electron chi connectivity index (χ3n) is 3.37. The average molecular weight is 256 g/mol. The Kier molecular flexibility index (Phi) is 2.81. The molecule has 98 valence electrons. The summed E-state index contributed by atoms with van der Waals surface area (Å²) in [6.45, 7) is 4.73. The summed E-state index contributed by atoms with van der Waals surface area (Å²) in [5.74, 6) is 1.10. The van der Waals surface area contributed by atoms with Gasteiger partial charge in [0.05, 0.1) is 0 Å². The van der Waals surface area contributed by atoms with Crippen molar-refractivity contribution >= 4 is 11.6 Å². The summed E-state index contributed by atoms with van der Waals surface area (Å²) in [6, 6.07) is 7.97. The number of aromatic amines is 1. The first-order chi connectivity index (χ1) is 9.16. The Morgan fingerprint density at radius 1 is 1.37 bits per heavy atom. The van der Waals surface area contributed by atoms with Gasteiger partial charge in [0.2, 0.25) is 5.82 Å². The van der Waals surface area contributed by atoms with E-state index < -0.39 is 0 Å². The van der Waals surface area contributed by atoms with Crippen molar-refractivity contribution in [3.63, 3.8) is 0 Å². The maximum Gasteiger partial charge on any atom is 0.297 e. The van der Waals surface area contributed by atoms with Crippen LogP contribution in [-0.2, 0) is 6.42 Å². The molecule has 0 saturated heterocycles. The van der Waals surface area contributed by atoms with Gasteiger partial charge in [0.25, 0.3) is 5.91 Å². The fourth-order valence-corrected chi connectivity index (χ4v) is 2.30. The molecule has 2 heterocycles. The Hall–Kier alpha value is -2.17. The minimum Gasteiger partial charge on any atom is -0.305 e. The third-order valence-corrected chi connectivity index (χ3v) is 3.37. The molecule has 0 saturated carbocycles.